The van der Waals surface area contributed by atoms with E-state index in [1.54, 1.807) is 18.2 Å². The van der Waals surface area contributed by atoms with Gasteiger partial charge >= 0.3 is 0 Å². The van der Waals surface area contributed by atoms with Crippen molar-refractivity contribution >= 4 is 33.5 Å². The fourth-order valence-electron chi connectivity index (χ4n) is 4.03. The third-order valence-electron chi connectivity index (χ3n) is 5.92. The van der Waals surface area contributed by atoms with Gasteiger partial charge in [0.25, 0.3) is 0 Å². The zero-order chi connectivity index (χ0) is 26.7. The van der Waals surface area contributed by atoms with E-state index < -0.39 is 27.4 Å². The molecule has 13 nitrogen and oxygen atoms in total. The first-order valence-electron chi connectivity index (χ1n) is 11.2. The van der Waals surface area contributed by atoms with Gasteiger partial charge in [-0.2, -0.15) is 0 Å². The first-order chi connectivity index (χ1) is 17.7. The molecule has 1 saturated heterocycles. The summed E-state index contributed by atoms with van der Waals surface area (Å²) < 4.78 is 47.6. The zero-order valence-electron chi connectivity index (χ0n) is 20.5. The Morgan fingerprint density at radius 3 is 2.32 bits per heavy atom. The van der Waals surface area contributed by atoms with Crippen molar-refractivity contribution in [1.82, 2.24) is 30.0 Å². The highest BCUT2D eigenvalue weighted by molar-refractivity contribution is 7.93. The van der Waals surface area contributed by atoms with Crippen molar-refractivity contribution in [3.05, 3.63) is 47.3 Å². The van der Waals surface area contributed by atoms with Gasteiger partial charge in [0.2, 0.25) is 21.9 Å². The van der Waals surface area contributed by atoms with Gasteiger partial charge in [-0.15, -0.1) is 10.2 Å². The molecule has 0 saturated carbocycles. The van der Waals surface area contributed by atoms with E-state index in [1.165, 1.54) is 45.2 Å². The molecule has 3 atom stereocenters. The molecule has 1 aromatic carbocycles. The second kappa shape index (κ2) is 10.9. The molecule has 1 fully saturated rings. The fourth-order valence-corrected chi connectivity index (χ4v) is 5.26. The van der Waals surface area contributed by atoms with Crippen molar-refractivity contribution in [2.24, 2.45) is 0 Å². The minimum absolute atomic E-state index is 0.127. The van der Waals surface area contributed by atoms with Crippen molar-refractivity contribution in [2.45, 2.75) is 37.2 Å². The van der Waals surface area contributed by atoms with Crippen LogP contribution in [0.25, 0.3) is 5.69 Å². The predicted octanol–water partition coefficient (Wildman–Crippen LogP) is 2.20. The van der Waals surface area contributed by atoms with Crippen molar-refractivity contribution in [2.75, 3.05) is 26.1 Å². The number of carbonyl (C=O) groups is 1. The van der Waals surface area contributed by atoms with E-state index >= 15 is 0 Å². The number of nitrogens with one attached hydrogen (secondary N) is 2. The molecule has 3 aromatic rings. The van der Waals surface area contributed by atoms with E-state index in [1.807, 2.05) is 0 Å². The van der Waals surface area contributed by atoms with Crippen LogP contribution in [0.2, 0.25) is 5.02 Å². The molecule has 37 heavy (non-hydrogen) atoms. The number of benzene rings is 1. The Balaban J connectivity index is 1.79. The topological polar surface area (TPSA) is 159 Å². The molecular formula is C22H26ClN7O6S. The number of nitrogens with zero attached hydrogens (tertiary/aromatic N) is 5. The van der Waals surface area contributed by atoms with E-state index in [-0.39, 0.29) is 17.7 Å². The van der Waals surface area contributed by atoms with Crippen molar-refractivity contribution in [1.29, 1.82) is 0 Å². The Bertz CT molecular complexity index is 1360. The van der Waals surface area contributed by atoms with Crippen LogP contribution in [0.1, 0.15) is 43.6 Å². The molecule has 0 radical (unpaired) electrons. The highest BCUT2D eigenvalue weighted by Gasteiger charge is 2.36. The molecular weight excluding hydrogens is 526 g/mol. The number of anilines is 1. The van der Waals surface area contributed by atoms with Crippen LogP contribution in [0, 0.1) is 0 Å². The van der Waals surface area contributed by atoms with Gasteiger partial charge in [-0.05, 0) is 25.5 Å². The quantitative estimate of drug-likeness (QED) is 0.382. The summed E-state index contributed by atoms with van der Waals surface area (Å²) >= 11 is 5.87. The maximum Gasteiger partial charge on any atom is 0.243 e. The number of amides is 1. The Morgan fingerprint density at radius 2 is 1.78 bits per heavy atom. The van der Waals surface area contributed by atoms with Gasteiger partial charge in [0.15, 0.2) is 11.6 Å². The molecule has 0 bridgehead atoms. The second-order valence-electron chi connectivity index (χ2n) is 8.16. The number of halogens is 1. The van der Waals surface area contributed by atoms with Gasteiger partial charge in [-0.25, -0.2) is 18.4 Å². The number of sulfonamides is 1. The summed E-state index contributed by atoms with van der Waals surface area (Å²) in [6.07, 6.45) is 2.46. The predicted molar refractivity (Wildman–Crippen MR) is 133 cm³/mol. The van der Waals surface area contributed by atoms with Crippen LogP contribution in [-0.4, -0.2) is 65.6 Å². The monoisotopic (exact) mass is 551 g/mol. The SMILES string of the molecule is COc1cccc(OC)c1-n1c(NS(=O)(=O)[C@@H](C)[C@H](OC)c2ncc(Cl)cn2)nnc1[C@H]1CCC(=O)N1. The van der Waals surface area contributed by atoms with Crippen LogP contribution in [0.3, 0.4) is 0 Å². The molecule has 0 unspecified atom stereocenters. The summed E-state index contributed by atoms with van der Waals surface area (Å²) in [4.78, 5) is 20.1. The minimum atomic E-state index is -4.15. The maximum atomic E-state index is 13.5. The average molecular weight is 552 g/mol. The normalized spacial score (nSPS) is 17.2. The van der Waals surface area contributed by atoms with Gasteiger partial charge in [0.05, 0.1) is 25.3 Å². The molecule has 4 rings (SSSR count). The van der Waals surface area contributed by atoms with Crippen molar-refractivity contribution < 1.29 is 27.4 Å². The second-order valence-corrected chi connectivity index (χ2v) is 10.6. The summed E-state index contributed by atoms with van der Waals surface area (Å²) in [5.74, 6) is 0.936. The van der Waals surface area contributed by atoms with E-state index in [9.17, 15) is 13.2 Å². The summed E-state index contributed by atoms with van der Waals surface area (Å²) in [7, 11) is 0.151. The number of methoxy groups -OCH3 is 3. The standard InChI is InChI=1S/C22H26ClN7O6S/c1-12(19(36-4)20-24-10-13(23)11-25-20)37(32,33)29-22-28-27-21(14-8-9-17(31)26-14)30(22)18-15(34-2)6-5-7-16(18)35-3/h5-7,10-12,14,19H,8-9H2,1-4H3,(H,26,31)(H,28,29)/t12-,14+,19-/m0/s1. The van der Waals surface area contributed by atoms with Gasteiger partial charge in [-0.1, -0.05) is 17.7 Å². The van der Waals surface area contributed by atoms with Crippen LogP contribution in [0.4, 0.5) is 5.95 Å². The van der Waals surface area contributed by atoms with Crippen LogP contribution >= 0.6 is 11.6 Å². The maximum absolute atomic E-state index is 13.5. The number of para-hydroxylation sites is 1. The summed E-state index contributed by atoms with van der Waals surface area (Å²) in [5.41, 5.74) is 0.364. The van der Waals surface area contributed by atoms with E-state index in [0.717, 1.165) is 0 Å². The largest absolute Gasteiger partial charge is 0.494 e. The number of rotatable bonds is 10. The summed E-state index contributed by atoms with van der Waals surface area (Å²) in [6.45, 7) is 1.46. The summed E-state index contributed by atoms with van der Waals surface area (Å²) in [5, 5.41) is 10.3. The molecule has 3 heterocycles. The van der Waals surface area contributed by atoms with E-state index in [2.05, 4.69) is 30.2 Å². The Kier molecular flexibility index (Phi) is 7.80. The molecule has 1 aliphatic heterocycles. The lowest BCUT2D eigenvalue weighted by molar-refractivity contribution is -0.119. The average Bonchev–Trinajstić information content (AvgIpc) is 3.50. The highest BCUT2D eigenvalue weighted by atomic mass is 35.5. The third-order valence-corrected chi connectivity index (χ3v) is 7.81. The van der Waals surface area contributed by atoms with Crippen molar-refractivity contribution in [3.8, 4) is 17.2 Å². The Morgan fingerprint density at radius 1 is 1.14 bits per heavy atom. The zero-order valence-corrected chi connectivity index (χ0v) is 22.1. The van der Waals surface area contributed by atoms with Gasteiger partial charge < -0.3 is 19.5 Å². The van der Waals surface area contributed by atoms with Crippen molar-refractivity contribution in [3.63, 3.8) is 0 Å². The molecule has 2 N–H and O–H groups in total. The Hall–Kier alpha value is -3.49. The van der Waals surface area contributed by atoms with Gasteiger partial charge in [0, 0.05) is 25.9 Å². The third kappa shape index (κ3) is 5.31. The fraction of sp³-hybridized carbons (Fsp3) is 0.409. The molecule has 1 amide bonds. The van der Waals surface area contributed by atoms with Crippen LogP contribution in [0.5, 0.6) is 11.5 Å². The molecule has 2 aromatic heterocycles. The van der Waals surface area contributed by atoms with Crippen LogP contribution in [-0.2, 0) is 19.6 Å². The summed E-state index contributed by atoms with van der Waals surface area (Å²) in [6, 6.07) is 4.60. The smallest absolute Gasteiger partial charge is 0.243 e. The number of hydrogen-bond acceptors (Lipinski definition) is 10. The van der Waals surface area contributed by atoms with Gasteiger partial charge in [0.1, 0.15) is 28.5 Å². The minimum Gasteiger partial charge on any atom is -0.494 e. The lowest BCUT2D eigenvalue weighted by Crippen LogP contribution is -2.33. The van der Waals surface area contributed by atoms with E-state index in [0.29, 0.717) is 40.9 Å². The number of ether oxygens (including phenoxy) is 3. The molecule has 198 valence electrons. The number of hydrogen-bond donors (Lipinski definition) is 2. The number of aromatic nitrogens is 5. The lowest BCUT2D eigenvalue weighted by Gasteiger charge is -2.23. The van der Waals surface area contributed by atoms with E-state index in [4.69, 9.17) is 25.8 Å². The molecule has 15 heteroatoms. The lowest BCUT2D eigenvalue weighted by atomic mass is 10.2. The first kappa shape index (κ1) is 26.6. The number of carbonyl (C=O) groups excluding carboxylic acids is 1. The Labute approximate surface area is 218 Å². The molecule has 1 aliphatic rings. The molecule has 0 aliphatic carbocycles. The highest BCUT2D eigenvalue weighted by Crippen LogP contribution is 2.38. The van der Waals surface area contributed by atoms with Crippen LogP contribution < -0.4 is 19.5 Å². The van der Waals surface area contributed by atoms with Crippen LogP contribution in [0.15, 0.2) is 30.6 Å². The molecule has 0 spiro atoms. The van der Waals surface area contributed by atoms with Gasteiger partial charge in [-0.3, -0.25) is 14.1 Å². The first-order valence-corrected chi connectivity index (χ1v) is 13.1.